The van der Waals surface area contributed by atoms with Gasteiger partial charge in [0.05, 0.1) is 5.69 Å². The van der Waals surface area contributed by atoms with E-state index >= 15 is 0 Å². The quantitative estimate of drug-likeness (QED) is 0.731. The van der Waals surface area contributed by atoms with E-state index in [1.54, 1.807) is 23.7 Å². The lowest BCUT2D eigenvalue weighted by Crippen LogP contribution is -2.33. The van der Waals surface area contributed by atoms with Gasteiger partial charge in [0.25, 0.3) is 5.91 Å². The first-order valence-electron chi connectivity index (χ1n) is 8.92. The number of rotatable bonds is 5. The van der Waals surface area contributed by atoms with Gasteiger partial charge in [-0.15, -0.1) is 0 Å². The van der Waals surface area contributed by atoms with E-state index in [1.807, 2.05) is 20.9 Å². The molecule has 0 unspecified atom stereocenters. The van der Waals surface area contributed by atoms with Gasteiger partial charge in [-0.2, -0.15) is 10.2 Å². The number of nitrogens with zero attached hydrogens (tertiary/aromatic N) is 4. The topological polar surface area (TPSA) is 81.8 Å². The molecule has 0 radical (unpaired) electrons. The Hall–Kier alpha value is -3.29. The molecule has 0 spiro atoms. The molecule has 0 aliphatic rings. The number of para-hydroxylation sites is 1. The normalized spacial score (nSPS) is 10.9. The summed E-state index contributed by atoms with van der Waals surface area (Å²) in [4.78, 5) is 24.8. The molecule has 0 bridgehead atoms. The molecule has 1 amide bonds. The van der Waals surface area contributed by atoms with E-state index < -0.39 is 17.2 Å². The lowest BCUT2D eigenvalue weighted by molar-refractivity contribution is 0.0946. The second-order valence-corrected chi connectivity index (χ2v) is 6.64. The summed E-state index contributed by atoms with van der Waals surface area (Å²) in [5, 5.41) is 11.2. The van der Waals surface area contributed by atoms with Crippen LogP contribution in [0.25, 0.3) is 5.69 Å². The number of benzene rings is 1. The third-order valence-corrected chi connectivity index (χ3v) is 4.72. The highest BCUT2D eigenvalue weighted by atomic mass is 19.1. The van der Waals surface area contributed by atoms with E-state index in [2.05, 4.69) is 15.5 Å². The van der Waals surface area contributed by atoms with Crippen molar-refractivity contribution >= 4 is 5.91 Å². The SMILES string of the molecule is Cc1nn(C)c(C)c1CCNC(=O)c1nn(-c2ccccc2F)c(C)cc1=O. The number of carbonyl (C=O) groups is 1. The molecule has 3 rings (SSSR count). The van der Waals surface area contributed by atoms with E-state index in [0.29, 0.717) is 18.7 Å². The first-order chi connectivity index (χ1) is 13.3. The molecule has 1 aromatic carbocycles. The van der Waals surface area contributed by atoms with E-state index in [-0.39, 0.29) is 11.4 Å². The van der Waals surface area contributed by atoms with Crippen LogP contribution in [0.5, 0.6) is 0 Å². The van der Waals surface area contributed by atoms with Crippen LogP contribution in [0, 0.1) is 26.6 Å². The van der Waals surface area contributed by atoms with Crippen molar-refractivity contribution in [3.8, 4) is 5.69 Å². The van der Waals surface area contributed by atoms with Gasteiger partial charge in [-0.3, -0.25) is 14.3 Å². The van der Waals surface area contributed by atoms with E-state index in [4.69, 9.17) is 0 Å². The maximum atomic E-state index is 14.1. The molecule has 0 atom stereocenters. The van der Waals surface area contributed by atoms with Gasteiger partial charge in [0.15, 0.2) is 5.69 Å². The zero-order chi connectivity index (χ0) is 20.4. The number of amides is 1. The molecule has 146 valence electrons. The molecule has 0 saturated carbocycles. The highest BCUT2D eigenvalue weighted by molar-refractivity contribution is 5.92. The van der Waals surface area contributed by atoms with Crippen molar-refractivity contribution in [1.82, 2.24) is 24.9 Å². The summed E-state index contributed by atoms with van der Waals surface area (Å²) in [6.45, 7) is 5.85. The average molecular weight is 383 g/mol. The number of hydrogen-bond donors (Lipinski definition) is 1. The van der Waals surface area contributed by atoms with Crippen LogP contribution in [-0.4, -0.2) is 32.0 Å². The summed E-state index contributed by atoms with van der Waals surface area (Å²) >= 11 is 0. The molecule has 2 aromatic heterocycles. The third kappa shape index (κ3) is 3.71. The predicted molar refractivity (Wildman–Crippen MR) is 103 cm³/mol. The van der Waals surface area contributed by atoms with Gasteiger partial charge >= 0.3 is 0 Å². The van der Waals surface area contributed by atoms with E-state index in [9.17, 15) is 14.0 Å². The van der Waals surface area contributed by atoms with Crippen LogP contribution in [0.4, 0.5) is 4.39 Å². The Morgan fingerprint density at radius 1 is 1.18 bits per heavy atom. The summed E-state index contributed by atoms with van der Waals surface area (Å²) in [7, 11) is 1.87. The summed E-state index contributed by atoms with van der Waals surface area (Å²) in [5.74, 6) is -1.08. The summed E-state index contributed by atoms with van der Waals surface area (Å²) in [6, 6.07) is 7.34. The van der Waals surface area contributed by atoms with Crippen molar-refractivity contribution < 1.29 is 9.18 Å². The largest absolute Gasteiger partial charge is 0.350 e. The average Bonchev–Trinajstić information content (AvgIpc) is 2.88. The standard InChI is InChI=1S/C20H22FN5O2/c1-12-11-18(27)19(24-26(12)17-8-6-5-7-16(17)21)20(28)22-10-9-15-13(2)23-25(4)14(15)3/h5-8,11H,9-10H2,1-4H3,(H,22,28). The summed E-state index contributed by atoms with van der Waals surface area (Å²) < 4.78 is 17.2. The Balaban J connectivity index is 1.81. The van der Waals surface area contributed by atoms with Crippen molar-refractivity contribution in [2.45, 2.75) is 27.2 Å². The van der Waals surface area contributed by atoms with Crippen molar-refractivity contribution in [3.05, 3.63) is 74.7 Å². The molecule has 0 aliphatic heterocycles. The van der Waals surface area contributed by atoms with Crippen molar-refractivity contribution in [2.24, 2.45) is 7.05 Å². The monoisotopic (exact) mass is 383 g/mol. The molecule has 8 heteroatoms. The molecule has 1 N–H and O–H groups in total. The second-order valence-electron chi connectivity index (χ2n) is 6.64. The second kappa shape index (κ2) is 7.75. The van der Waals surface area contributed by atoms with Crippen LogP contribution >= 0.6 is 0 Å². The van der Waals surface area contributed by atoms with Crippen molar-refractivity contribution in [2.75, 3.05) is 6.54 Å². The van der Waals surface area contributed by atoms with Gasteiger partial charge in [-0.25, -0.2) is 9.07 Å². The third-order valence-electron chi connectivity index (χ3n) is 4.72. The molecular formula is C20H22FN5O2. The minimum atomic E-state index is -0.589. The number of aromatic nitrogens is 4. The van der Waals surface area contributed by atoms with Gasteiger partial charge < -0.3 is 5.32 Å². The number of halogens is 1. The first-order valence-corrected chi connectivity index (χ1v) is 8.92. The molecule has 2 heterocycles. The lowest BCUT2D eigenvalue weighted by Gasteiger charge is -2.12. The fourth-order valence-corrected chi connectivity index (χ4v) is 3.14. The Kier molecular flexibility index (Phi) is 5.39. The van der Waals surface area contributed by atoms with Crippen LogP contribution in [0.1, 0.15) is 33.1 Å². The number of nitrogens with one attached hydrogen (secondary N) is 1. The number of carbonyl (C=O) groups excluding carboxylic acids is 1. The maximum absolute atomic E-state index is 14.1. The number of hydrogen-bond acceptors (Lipinski definition) is 4. The zero-order valence-electron chi connectivity index (χ0n) is 16.3. The molecule has 0 aliphatic carbocycles. The minimum absolute atomic E-state index is 0.177. The van der Waals surface area contributed by atoms with Crippen LogP contribution in [-0.2, 0) is 13.5 Å². The fourth-order valence-electron chi connectivity index (χ4n) is 3.14. The number of aryl methyl sites for hydroxylation is 3. The summed E-state index contributed by atoms with van der Waals surface area (Å²) in [6.07, 6.45) is 0.588. The van der Waals surface area contributed by atoms with Gasteiger partial charge in [-0.1, -0.05) is 12.1 Å². The molecule has 0 fully saturated rings. The molecule has 7 nitrogen and oxygen atoms in total. The van der Waals surface area contributed by atoms with Crippen LogP contribution in [0.3, 0.4) is 0 Å². The first kappa shape index (κ1) is 19.5. The van der Waals surface area contributed by atoms with Gasteiger partial charge in [0.2, 0.25) is 5.43 Å². The van der Waals surface area contributed by atoms with Gasteiger partial charge in [0.1, 0.15) is 11.5 Å². The van der Waals surface area contributed by atoms with Crippen LogP contribution in [0.15, 0.2) is 35.1 Å². The van der Waals surface area contributed by atoms with Crippen molar-refractivity contribution in [1.29, 1.82) is 0 Å². The van der Waals surface area contributed by atoms with Crippen LogP contribution < -0.4 is 10.7 Å². The smallest absolute Gasteiger partial charge is 0.275 e. The molecule has 0 saturated heterocycles. The Morgan fingerprint density at radius 2 is 1.89 bits per heavy atom. The fraction of sp³-hybridized carbons (Fsp3) is 0.300. The maximum Gasteiger partial charge on any atom is 0.275 e. The zero-order valence-corrected chi connectivity index (χ0v) is 16.3. The highest BCUT2D eigenvalue weighted by Crippen LogP contribution is 2.14. The molecule has 28 heavy (non-hydrogen) atoms. The Labute approximate surface area is 161 Å². The van der Waals surface area contributed by atoms with E-state index in [1.165, 1.54) is 22.9 Å². The molecular weight excluding hydrogens is 361 g/mol. The van der Waals surface area contributed by atoms with Crippen LogP contribution in [0.2, 0.25) is 0 Å². The van der Waals surface area contributed by atoms with Gasteiger partial charge in [0, 0.05) is 31.0 Å². The highest BCUT2D eigenvalue weighted by Gasteiger charge is 2.17. The van der Waals surface area contributed by atoms with Crippen molar-refractivity contribution in [3.63, 3.8) is 0 Å². The van der Waals surface area contributed by atoms with E-state index in [0.717, 1.165) is 17.0 Å². The lowest BCUT2D eigenvalue weighted by atomic mass is 10.1. The Bertz CT molecular complexity index is 1100. The Morgan fingerprint density at radius 3 is 2.54 bits per heavy atom. The summed E-state index contributed by atoms with van der Waals surface area (Å²) in [5.41, 5.74) is 2.84. The molecule has 3 aromatic rings. The van der Waals surface area contributed by atoms with Gasteiger partial charge in [-0.05, 0) is 44.9 Å². The predicted octanol–water partition coefficient (Wildman–Crippen LogP) is 2.00. The minimum Gasteiger partial charge on any atom is -0.350 e.